The number of hydrogen-bond donors (Lipinski definition) is 1. The first-order valence-electron chi connectivity index (χ1n) is 9.53. The molecule has 5 nitrogen and oxygen atoms in total. The number of carbonyl (C=O) groups is 2. The number of aliphatic hydroxyl groups is 1. The summed E-state index contributed by atoms with van der Waals surface area (Å²) in [5.74, 6) is -0.281. The van der Waals surface area contributed by atoms with E-state index in [1.165, 1.54) is 16.0 Å². The summed E-state index contributed by atoms with van der Waals surface area (Å²) in [6.07, 6.45) is 1.02. The van der Waals surface area contributed by atoms with Crippen LogP contribution >= 0.6 is 45.2 Å². The molecule has 1 atom stereocenters. The number of benzene rings is 1. The smallest absolute Gasteiger partial charge is 0.410 e. The lowest BCUT2D eigenvalue weighted by atomic mass is 9.91. The number of ketones is 1. The van der Waals surface area contributed by atoms with Crippen LogP contribution in [0.15, 0.2) is 18.2 Å². The quantitative estimate of drug-likeness (QED) is 0.218. The van der Waals surface area contributed by atoms with E-state index in [1.807, 2.05) is 25.1 Å². The molecule has 0 bridgehead atoms. The van der Waals surface area contributed by atoms with Crippen molar-refractivity contribution in [1.82, 2.24) is 4.90 Å². The van der Waals surface area contributed by atoms with Crippen molar-refractivity contribution < 1.29 is 19.4 Å². The third-order valence-corrected chi connectivity index (χ3v) is 5.89. The summed E-state index contributed by atoms with van der Waals surface area (Å²) in [6.45, 7) is 7.66. The fourth-order valence-electron chi connectivity index (χ4n) is 2.89. The summed E-state index contributed by atoms with van der Waals surface area (Å²) < 4.78 is 7.21. The second kappa shape index (κ2) is 12.3. The van der Waals surface area contributed by atoms with Gasteiger partial charge < -0.3 is 14.7 Å². The number of carbonyl (C=O) groups excluding carboxylic acids is 2. The lowest BCUT2D eigenvalue weighted by Gasteiger charge is -2.29. The molecule has 1 unspecified atom stereocenters. The molecular weight excluding hydrogens is 584 g/mol. The molecule has 158 valence electrons. The maximum Gasteiger partial charge on any atom is 0.410 e. The van der Waals surface area contributed by atoms with Gasteiger partial charge in [0.25, 0.3) is 0 Å². The van der Waals surface area contributed by atoms with Crippen molar-refractivity contribution >= 4 is 57.1 Å². The third-order valence-electron chi connectivity index (χ3n) is 4.25. The molecule has 0 aliphatic carbocycles. The van der Waals surface area contributed by atoms with Crippen LogP contribution in [0, 0.1) is 5.92 Å². The van der Waals surface area contributed by atoms with Gasteiger partial charge in [0.1, 0.15) is 5.60 Å². The molecule has 1 aromatic carbocycles. The highest BCUT2D eigenvalue weighted by Crippen LogP contribution is 2.23. The first-order valence-corrected chi connectivity index (χ1v) is 12.6. The predicted octanol–water partition coefficient (Wildman–Crippen LogP) is 5.39. The predicted molar refractivity (Wildman–Crippen MR) is 130 cm³/mol. The standard InChI is InChI=1S/C21H31I2NO4/c1-5-6-17(14-24(9-10-25)20(27)28-21(2,3)4)19(26)15-7-8-16(12-22)18(11-15)13-23/h7-8,11,17,25H,5-6,9-10,12-14H2,1-4H3. The number of halogens is 2. The van der Waals surface area contributed by atoms with E-state index >= 15 is 0 Å². The van der Waals surface area contributed by atoms with Crippen molar-refractivity contribution in [2.45, 2.75) is 55.0 Å². The van der Waals surface area contributed by atoms with Crippen LogP contribution in [0.4, 0.5) is 4.79 Å². The summed E-state index contributed by atoms with van der Waals surface area (Å²) in [5.41, 5.74) is 2.48. The Kier molecular flexibility index (Phi) is 11.3. The second-order valence-electron chi connectivity index (χ2n) is 7.75. The Balaban J connectivity index is 3.06. The molecule has 7 heteroatoms. The van der Waals surface area contributed by atoms with Crippen molar-refractivity contribution in [2.24, 2.45) is 5.92 Å². The average Bonchev–Trinajstić information content (AvgIpc) is 2.64. The van der Waals surface area contributed by atoms with Gasteiger partial charge in [-0.1, -0.05) is 70.7 Å². The Hall–Kier alpha value is -0.420. The first kappa shape index (κ1) is 25.6. The van der Waals surface area contributed by atoms with Crippen molar-refractivity contribution in [3.63, 3.8) is 0 Å². The Labute approximate surface area is 195 Å². The molecule has 0 spiro atoms. The lowest BCUT2D eigenvalue weighted by molar-refractivity contribution is 0.0188. The largest absolute Gasteiger partial charge is 0.444 e. The normalized spacial score (nSPS) is 12.5. The summed E-state index contributed by atoms with van der Waals surface area (Å²) >= 11 is 4.65. The number of ether oxygens (including phenoxy) is 1. The number of alkyl halides is 2. The lowest BCUT2D eigenvalue weighted by Crippen LogP contribution is -2.42. The van der Waals surface area contributed by atoms with E-state index in [0.717, 1.165) is 15.3 Å². The van der Waals surface area contributed by atoms with Crippen molar-refractivity contribution in [2.75, 3.05) is 19.7 Å². The fraction of sp³-hybridized carbons (Fsp3) is 0.619. The second-order valence-corrected chi connectivity index (χ2v) is 9.28. The SMILES string of the molecule is CCCC(CN(CCO)C(=O)OC(C)(C)C)C(=O)c1ccc(CI)c(CI)c1. The molecular formula is C21H31I2NO4. The van der Waals surface area contributed by atoms with Gasteiger partial charge in [-0.25, -0.2) is 4.79 Å². The van der Waals surface area contributed by atoms with Gasteiger partial charge in [-0.2, -0.15) is 0 Å². The maximum absolute atomic E-state index is 13.2. The minimum absolute atomic E-state index is 0.0412. The number of Topliss-reactive ketones (excluding diaryl/α,β-unsaturated/α-hetero) is 1. The molecule has 0 aliphatic heterocycles. The van der Waals surface area contributed by atoms with Crippen LogP contribution in [0.3, 0.4) is 0 Å². The minimum Gasteiger partial charge on any atom is -0.444 e. The molecule has 1 aromatic rings. The molecule has 0 radical (unpaired) electrons. The topological polar surface area (TPSA) is 66.8 Å². The molecule has 0 saturated heterocycles. The summed E-state index contributed by atoms with van der Waals surface area (Å²) in [5, 5.41) is 9.37. The van der Waals surface area contributed by atoms with Crippen molar-refractivity contribution in [3.8, 4) is 0 Å². The van der Waals surface area contributed by atoms with Crippen LogP contribution in [-0.2, 0) is 13.6 Å². The zero-order chi connectivity index (χ0) is 21.3. The molecule has 28 heavy (non-hydrogen) atoms. The van der Waals surface area contributed by atoms with Gasteiger partial charge in [-0.05, 0) is 44.4 Å². The van der Waals surface area contributed by atoms with E-state index < -0.39 is 11.7 Å². The monoisotopic (exact) mass is 615 g/mol. The molecule has 0 aliphatic rings. The van der Waals surface area contributed by atoms with Crippen LogP contribution in [0.25, 0.3) is 0 Å². The minimum atomic E-state index is -0.625. The van der Waals surface area contributed by atoms with E-state index in [0.29, 0.717) is 12.0 Å². The summed E-state index contributed by atoms with van der Waals surface area (Å²) in [4.78, 5) is 27.2. The van der Waals surface area contributed by atoms with E-state index in [9.17, 15) is 14.7 Å². The van der Waals surface area contributed by atoms with Crippen molar-refractivity contribution in [1.29, 1.82) is 0 Å². The average molecular weight is 615 g/mol. The van der Waals surface area contributed by atoms with Gasteiger partial charge in [0.05, 0.1) is 6.61 Å². The van der Waals surface area contributed by atoms with E-state index in [4.69, 9.17) is 4.74 Å². The first-order chi connectivity index (χ1) is 13.2. The molecule has 1 N–H and O–H groups in total. The Morgan fingerprint density at radius 1 is 1.18 bits per heavy atom. The molecule has 0 saturated carbocycles. The Morgan fingerprint density at radius 3 is 2.32 bits per heavy atom. The van der Waals surface area contributed by atoms with Crippen LogP contribution in [0.2, 0.25) is 0 Å². The maximum atomic E-state index is 13.2. The summed E-state index contributed by atoms with van der Waals surface area (Å²) in [7, 11) is 0. The molecule has 1 amide bonds. The Morgan fingerprint density at radius 2 is 1.82 bits per heavy atom. The molecule has 0 fully saturated rings. The van der Waals surface area contributed by atoms with E-state index in [-0.39, 0.29) is 31.4 Å². The Bertz CT molecular complexity index is 658. The van der Waals surface area contributed by atoms with Gasteiger partial charge in [0.2, 0.25) is 0 Å². The van der Waals surface area contributed by atoms with Crippen LogP contribution < -0.4 is 0 Å². The van der Waals surface area contributed by atoms with Crippen LogP contribution in [0.5, 0.6) is 0 Å². The highest BCUT2D eigenvalue weighted by atomic mass is 127. The molecule has 1 rings (SSSR count). The van der Waals surface area contributed by atoms with Gasteiger partial charge >= 0.3 is 6.09 Å². The number of nitrogens with zero attached hydrogens (tertiary/aromatic N) is 1. The van der Waals surface area contributed by atoms with Gasteiger partial charge in [-0.3, -0.25) is 4.79 Å². The van der Waals surface area contributed by atoms with Crippen LogP contribution in [-0.4, -0.2) is 47.2 Å². The van der Waals surface area contributed by atoms with E-state index in [2.05, 4.69) is 45.2 Å². The number of hydrogen-bond acceptors (Lipinski definition) is 4. The number of rotatable bonds is 10. The fourth-order valence-corrected chi connectivity index (χ4v) is 4.35. The van der Waals surface area contributed by atoms with Crippen LogP contribution in [0.1, 0.15) is 62.0 Å². The number of amides is 1. The zero-order valence-corrected chi connectivity index (χ0v) is 21.4. The molecule has 0 aromatic heterocycles. The van der Waals surface area contributed by atoms with Gasteiger partial charge in [0, 0.05) is 33.4 Å². The third kappa shape index (κ3) is 8.14. The zero-order valence-electron chi connectivity index (χ0n) is 17.1. The van der Waals surface area contributed by atoms with Gasteiger partial charge in [-0.15, -0.1) is 0 Å². The van der Waals surface area contributed by atoms with Gasteiger partial charge in [0.15, 0.2) is 5.78 Å². The number of aliphatic hydroxyl groups excluding tert-OH is 1. The highest BCUT2D eigenvalue weighted by Gasteiger charge is 2.28. The highest BCUT2D eigenvalue weighted by molar-refractivity contribution is 14.1. The van der Waals surface area contributed by atoms with Crippen molar-refractivity contribution in [3.05, 3.63) is 34.9 Å². The summed E-state index contributed by atoms with van der Waals surface area (Å²) in [6, 6.07) is 5.89. The van der Waals surface area contributed by atoms with E-state index in [1.54, 1.807) is 20.8 Å². The molecule has 0 heterocycles.